The standard InChI is InChI=1S/C18H17ClN4O3/c19-11-15(24)12-22-16(17(25)20-13-7-3-1-4-8-13)18(26)23(21-22)14-9-5-2-6-10-14/h1-10,15,24H,11-12H2,(H-,20,21,25,26)/p+1/t15-/m1/s1. The fraction of sp³-hybridized carbons (Fsp3) is 0.167. The van der Waals surface area contributed by atoms with Crippen molar-refractivity contribution in [1.82, 2.24) is 9.90 Å². The molecule has 1 heterocycles. The van der Waals surface area contributed by atoms with Gasteiger partial charge in [0, 0.05) is 5.69 Å². The van der Waals surface area contributed by atoms with Gasteiger partial charge in [-0.1, -0.05) is 46.3 Å². The Hall–Kier alpha value is -2.90. The third-order valence-corrected chi connectivity index (χ3v) is 4.09. The maximum absolute atomic E-state index is 12.8. The van der Waals surface area contributed by atoms with Crippen LogP contribution in [-0.4, -0.2) is 32.9 Å². The molecule has 1 aromatic heterocycles. The number of nitrogens with one attached hydrogen (secondary N) is 2. The van der Waals surface area contributed by atoms with Crippen molar-refractivity contribution in [1.29, 1.82) is 0 Å². The van der Waals surface area contributed by atoms with E-state index in [1.54, 1.807) is 48.5 Å². The van der Waals surface area contributed by atoms with Crippen molar-refractivity contribution in [3.63, 3.8) is 0 Å². The molecule has 3 aromatic rings. The van der Waals surface area contributed by atoms with Gasteiger partial charge in [-0.2, -0.15) is 0 Å². The highest BCUT2D eigenvalue weighted by atomic mass is 35.5. The molecule has 3 N–H and O–H groups in total. The van der Waals surface area contributed by atoms with Crippen LogP contribution in [0.1, 0.15) is 10.5 Å². The monoisotopic (exact) mass is 373 g/mol. The highest BCUT2D eigenvalue weighted by Gasteiger charge is 2.30. The Bertz CT molecular complexity index is 938. The van der Waals surface area contributed by atoms with Crippen molar-refractivity contribution in [2.45, 2.75) is 12.6 Å². The van der Waals surface area contributed by atoms with Crippen LogP contribution in [-0.2, 0) is 6.54 Å². The molecule has 3 rings (SSSR count). The number of hydrogen-bond acceptors (Lipinski definition) is 3. The third kappa shape index (κ3) is 3.84. The number of benzene rings is 2. The van der Waals surface area contributed by atoms with Gasteiger partial charge in [0.1, 0.15) is 12.6 Å². The minimum absolute atomic E-state index is 0.0177. The number of aromatic amines is 1. The second-order valence-electron chi connectivity index (χ2n) is 5.66. The summed E-state index contributed by atoms with van der Waals surface area (Å²) in [5, 5.41) is 15.4. The van der Waals surface area contributed by atoms with Gasteiger partial charge in [0.15, 0.2) is 5.69 Å². The first-order chi connectivity index (χ1) is 12.6. The maximum atomic E-state index is 12.8. The van der Waals surface area contributed by atoms with E-state index in [1.807, 2.05) is 12.1 Å². The Morgan fingerprint density at radius 1 is 1.15 bits per heavy atom. The number of H-pyrrole nitrogens is 1. The van der Waals surface area contributed by atoms with Gasteiger partial charge in [0.2, 0.25) is 0 Å². The fourth-order valence-corrected chi connectivity index (χ4v) is 2.61. The van der Waals surface area contributed by atoms with Gasteiger partial charge in [-0.3, -0.25) is 4.79 Å². The summed E-state index contributed by atoms with van der Waals surface area (Å²) in [6, 6.07) is 17.7. The number of aliphatic hydroxyl groups is 1. The first-order valence-corrected chi connectivity index (χ1v) is 8.54. The van der Waals surface area contributed by atoms with E-state index in [2.05, 4.69) is 10.5 Å². The van der Waals surface area contributed by atoms with Gasteiger partial charge in [0.25, 0.3) is 0 Å². The molecule has 0 aliphatic heterocycles. The summed E-state index contributed by atoms with van der Waals surface area (Å²) >= 11 is 5.66. The molecule has 26 heavy (non-hydrogen) atoms. The van der Waals surface area contributed by atoms with E-state index >= 15 is 0 Å². The average Bonchev–Trinajstić information content (AvgIpc) is 2.99. The molecule has 1 atom stereocenters. The Labute approximate surface area is 154 Å². The van der Waals surface area contributed by atoms with E-state index < -0.39 is 17.6 Å². The van der Waals surface area contributed by atoms with Crippen molar-refractivity contribution in [3.05, 3.63) is 76.7 Å². The second kappa shape index (κ2) is 7.99. The van der Waals surface area contributed by atoms with Gasteiger partial charge < -0.3 is 10.4 Å². The summed E-state index contributed by atoms with van der Waals surface area (Å²) in [6.07, 6.45) is -0.910. The van der Waals surface area contributed by atoms with E-state index in [9.17, 15) is 14.7 Å². The zero-order chi connectivity index (χ0) is 18.5. The molecule has 0 bridgehead atoms. The summed E-state index contributed by atoms with van der Waals surface area (Å²) in [4.78, 5) is 25.5. The summed E-state index contributed by atoms with van der Waals surface area (Å²) < 4.78 is 2.56. The van der Waals surface area contributed by atoms with Crippen LogP contribution in [0.25, 0.3) is 5.69 Å². The van der Waals surface area contributed by atoms with Crippen molar-refractivity contribution in [3.8, 4) is 5.69 Å². The first kappa shape index (κ1) is 17.9. The number of halogens is 1. The lowest BCUT2D eigenvalue weighted by Gasteiger charge is -2.05. The zero-order valence-electron chi connectivity index (χ0n) is 13.8. The number of anilines is 1. The molecule has 2 aromatic carbocycles. The molecule has 0 saturated heterocycles. The smallest absolute Gasteiger partial charge is 0.388 e. The summed E-state index contributed by atoms with van der Waals surface area (Å²) in [5.41, 5.74) is 0.493. The highest BCUT2D eigenvalue weighted by Crippen LogP contribution is 2.07. The average molecular weight is 374 g/mol. The van der Waals surface area contributed by atoms with E-state index in [-0.39, 0.29) is 18.1 Å². The molecule has 0 saturated carbocycles. The number of carbonyl (C=O) groups excluding carboxylic acids is 1. The third-order valence-electron chi connectivity index (χ3n) is 3.73. The second-order valence-corrected chi connectivity index (χ2v) is 5.97. The predicted molar refractivity (Wildman–Crippen MR) is 97.7 cm³/mol. The van der Waals surface area contributed by atoms with Crippen LogP contribution < -0.4 is 15.6 Å². The largest absolute Gasteiger partial charge is 0.411 e. The minimum Gasteiger partial charge on any atom is -0.388 e. The van der Waals surface area contributed by atoms with Crippen LogP contribution >= 0.6 is 11.6 Å². The van der Waals surface area contributed by atoms with Crippen LogP contribution in [0.2, 0.25) is 0 Å². The topological polar surface area (TPSA) is 91.0 Å². The van der Waals surface area contributed by atoms with Gasteiger partial charge in [-0.05, 0) is 24.3 Å². The van der Waals surface area contributed by atoms with Crippen LogP contribution in [0.15, 0.2) is 65.5 Å². The summed E-state index contributed by atoms with van der Waals surface area (Å²) in [6.45, 7) is -0.0177. The number of alkyl halides is 1. The van der Waals surface area contributed by atoms with Crippen LogP contribution in [0.3, 0.4) is 0 Å². The molecular weight excluding hydrogens is 356 g/mol. The molecule has 0 radical (unpaired) electrons. The number of amides is 1. The Kier molecular flexibility index (Phi) is 5.50. The number of hydrogen-bond donors (Lipinski definition) is 3. The predicted octanol–water partition coefficient (Wildman–Crippen LogP) is 1.31. The zero-order valence-corrected chi connectivity index (χ0v) is 14.6. The van der Waals surface area contributed by atoms with Crippen molar-refractivity contribution in [2.75, 3.05) is 11.2 Å². The number of nitrogens with zero attached hydrogens (tertiary/aromatic N) is 2. The van der Waals surface area contributed by atoms with Gasteiger partial charge >= 0.3 is 17.2 Å². The molecule has 0 spiro atoms. The molecular formula is C18H18ClN4O3+. The van der Waals surface area contributed by atoms with Crippen LogP contribution in [0, 0.1) is 0 Å². The lowest BCUT2D eigenvalue weighted by molar-refractivity contribution is -0.761. The SMILES string of the molecule is O=C(Nc1ccccc1)c1c(=O)n(-c2ccccc2)[nH][n+]1C[C@H](O)CCl. The molecule has 0 aliphatic rings. The number of para-hydroxylation sites is 2. The van der Waals surface area contributed by atoms with Crippen LogP contribution in [0.5, 0.6) is 0 Å². The lowest BCUT2D eigenvalue weighted by Crippen LogP contribution is -2.49. The van der Waals surface area contributed by atoms with E-state index in [0.717, 1.165) is 0 Å². The highest BCUT2D eigenvalue weighted by molar-refractivity contribution is 6.18. The lowest BCUT2D eigenvalue weighted by atomic mass is 10.3. The Morgan fingerprint density at radius 3 is 2.38 bits per heavy atom. The number of aromatic nitrogens is 3. The first-order valence-electron chi connectivity index (χ1n) is 8.01. The fourth-order valence-electron chi connectivity index (χ4n) is 2.51. The van der Waals surface area contributed by atoms with Gasteiger partial charge in [-0.25, -0.2) is 4.79 Å². The number of carbonyl (C=O) groups is 1. The Balaban J connectivity index is 2.02. The van der Waals surface area contributed by atoms with Gasteiger partial charge in [0.05, 0.1) is 5.88 Å². The van der Waals surface area contributed by atoms with Crippen LogP contribution in [0.4, 0.5) is 5.69 Å². The molecule has 1 amide bonds. The summed E-state index contributed by atoms with van der Waals surface area (Å²) in [5.74, 6) is -0.598. The quantitative estimate of drug-likeness (QED) is 0.449. The molecule has 0 unspecified atom stereocenters. The van der Waals surface area contributed by atoms with Crippen molar-refractivity contribution in [2.24, 2.45) is 0 Å². The van der Waals surface area contributed by atoms with Crippen molar-refractivity contribution >= 4 is 23.2 Å². The van der Waals surface area contributed by atoms with Crippen molar-refractivity contribution < 1.29 is 14.6 Å². The van der Waals surface area contributed by atoms with Gasteiger partial charge in [-0.15, -0.1) is 16.3 Å². The van der Waals surface area contributed by atoms with E-state index in [0.29, 0.717) is 11.4 Å². The molecule has 7 nitrogen and oxygen atoms in total. The normalized spacial score (nSPS) is 11.9. The molecule has 8 heteroatoms. The summed E-state index contributed by atoms with van der Waals surface area (Å²) in [7, 11) is 0. The number of aliphatic hydroxyl groups excluding tert-OH is 1. The number of rotatable bonds is 6. The van der Waals surface area contributed by atoms with E-state index in [4.69, 9.17) is 11.6 Å². The maximum Gasteiger partial charge on any atom is 0.411 e. The molecule has 134 valence electrons. The molecule has 0 fully saturated rings. The van der Waals surface area contributed by atoms with E-state index in [1.165, 1.54) is 9.36 Å². The molecule has 0 aliphatic carbocycles. The minimum atomic E-state index is -0.910. The Morgan fingerprint density at radius 2 is 1.77 bits per heavy atom.